The molecule has 33 heavy (non-hydrogen) atoms. The van der Waals surface area contributed by atoms with E-state index in [2.05, 4.69) is 46.5 Å². The molecule has 1 aliphatic heterocycles. The predicted molar refractivity (Wildman–Crippen MR) is 133 cm³/mol. The minimum Gasteiger partial charge on any atom is -0.309 e. The maximum Gasteiger partial charge on any atom is 0.322 e. The summed E-state index contributed by atoms with van der Waals surface area (Å²) >= 11 is 0. The second-order valence-corrected chi connectivity index (χ2v) is 17.0. The molecule has 2 fully saturated rings. The Morgan fingerprint density at radius 3 is 2.42 bits per heavy atom. The summed E-state index contributed by atoms with van der Waals surface area (Å²) < 4.78 is 0. The summed E-state index contributed by atoms with van der Waals surface area (Å²) in [5.41, 5.74) is 3.35. The molecule has 5 rings (SSSR count). The standard InChI is InChI=1S/C25H35N5O2Si/c1-24(2)20-18(21(29-28-20)27-22(31)25(13-8-14-25)33(3,4)5)15-30(24)23(32)26-19-10-7-6-9-17(19)16-11-12-16/h6-7,9-10,16H,8,11-15H2,1-5H3,(H,26,32)(H2,27,28,29,31). The molecule has 2 heterocycles. The highest BCUT2D eigenvalue weighted by molar-refractivity contribution is 6.83. The molecule has 7 nitrogen and oxygen atoms in total. The average molecular weight is 466 g/mol. The van der Waals surface area contributed by atoms with Gasteiger partial charge in [0.1, 0.15) is 0 Å². The summed E-state index contributed by atoms with van der Waals surface area (Å²) in [5.74, 6) is 1.22. The van der Waals surface area contributed by atoms with Crippen molar-refractivity contribution in [3.63, 3.8) is 0 Å². The number of nitrogens with one attached hydrogen (secondary N) is 3. The molecule has 3 N–H and O–H groups in total. The third kappa shape index (κ3) is 3.50. The van der Waals surface area contributed by atoms with E-state index >= 15 is 0 Å². The van der Waals surface area contributed by atoms with Crippen LogP contribution < -0.4 is 10.6 Å². The van der Waals surface area contributed by atoms with Crippen LogP contribution in [-0.2, 0) is 16.9 Å². The van der Waals surface area contributed by atoms with Crippen LogP contribution >= 0.6 is 0 Å². The second kappa shape index (κ2) is 7.45. The van der Waals surface area contributed by atoms with Gasteiger partial charge in [0.2, 0.25) is 5.91 Å². The summed E-state index contributed by atoms with van der Waals surface area (Å²) in [4.78, 5) is 28.6. The Morgan fingerprint density at radius 2 is 1.82 bits per heavy atom. The Labute approximate surface area is 196 Å². The normalized spacial score (nSPS) is 20.7. The van der Waals surface area contributed by atoms with Crippen molar-refractivity contribution in [2.75, 3.05) is 10.6 Å². The summed E-state index contributed by atoms with van der Waals surface area (Å²) in [7, 11) is -1.68. The smallest absolute Gasteiger partial charge is 0.309 e. The van der Waals surface area contributed by atoms with Crippen molar-refractivity contribution in [2.45, 2.75) is 88.6 Å². The number of benzene rings is 1. The van der Waals surface area contributed by atoms with Crippen LogP contribution in [0.4, 0.5) is 16.3 Å². The largest absolute Gasteiger partial charge is 0.322 e. The highest BCUT2D eigenvalue weighted by Crippen LogP contribution is 2.56. The molecule has 1 aromatic heterocycles. The van der Waals surface area contributed by atoms with Crippen LogP contribution in [0, 0.1) is 0 Å². The summed E-state index contributed by atoms with van der Waals surface area (Å²) in [6.45, 7) is 11.3. The predicted octanol–water partition coefficient (Wildman–Crippen LogP) is 5.77. The molecule has 0 atom stereocenters. The van der Waals surface area contributed by atoms with Gasteiger partial charge in [0.15, 0.2) is 5.82 Å². The zero-order valence-electron chi connectivity index (χ0n) is 20.3. The third-order valence-electron chi connectivity index (χ3n) is 8.24. The molecule has 3 aliphatic rings. The van der Waals surface area contributed by atoms with Crippen LogP contribution in [0.15, 0.2) is 24.3 Å². The number of aromatic nitrogens is 2. The van der Waals surface area contributed by atoms with Gasteiger partial charge in [-0.3, -0.25) is 9.89 Å². The Balaban J connectivity index is 1.35. The molecule has 0 saturated heterocycles. The number of para-hydroxylation sites is 1. The first-order valence-electron chi connectivity index (χ1n) is 12.1. The van der Waals surface area contributed by atoms with Crippen molar-refractivity contribution < 1.29 is 9.59 Å². The Morgan fingerprint density at radius 1 is 1.12 bits per heavy atom. The summed E-state index contributed by atoms with van der Waals surface area (Å²) in [6.07, 6.45) is 5.39. The molecule has 0 spiro atoms. The first-order valence-corrected chi connectivity index (χ1v) is 15.6. The van der Waals surface area contributed by atoms with Crippen LogP contribution in [0.3, 0.4) is 0 Å². The lowest BCUT2D eigenvalue weighted by atomic mass is 9.83. The van der Waals surface area contributed by atoms with E-state index in [1.807, 2.05) is 36.9 Å². The number of fused-ring (bicyclic) bond motifs is 1. The molecule has 1 aromatic carbocycles. The van der Waals surface area contributed by atoms with Crippen molar-refractivity contribution in [2.24, 2.45) is 0 Å². The Kier molecular flexibility index (Phi) is 5.01. The van der Waals surface area contributed by atoms with Gasteiger partial charge in [-0.2, -0.15) is 5.10 Å². The van der Waals surface area contributed by atoms with E-state index < -0.39 is 13.6 Å². The van der Waals surface area contributed by atoms with Gasteiger partial charge in [-0.1, -0.05) is 44.3 Å². The minimum atomic E-state index is -1.68. The monoisotopic (exact) mass is 465 g/mol. The fourth-order valence-electron chi connectivity index (χ4n) is 5.56. The van der Waals surface area contributed by atoms with Crippen LogP contribution in [0.1, 0.15) is 68.7 Å². The number of rotatable bonds is 5. The van der Waals surface area contributed by atoms with E-state index in [0.29, 0.717) is 18.3 Å². The lowest BCUT2D eigenvalue weighted by Gasteiger charge is -2.48. The van der Waals surface area contributed by atoms with E-state index in [4.69, 9.17) is 0 Å². The van der Waals surface area contributed by atoms with E-state index in [-0.39, 0.29) is 17.0 Å². The van der Waals surface area contributed by atoms with Crippen molar-refractivity contribution in [1.82, 2.24) is 15.1 Å². The lowest BCUT2D eigenvalue weighted by molar-refractivity contribution is -0.121. The molecular weight excluding hydrogens is 430 g/mol. The Hall–Kier alpha value is -2.61. The van der Waals surface area contributed by atoms with E-state index in [0.717, 1.165) is 36.2 Å². The number of hydrogen-bond acceptors (Lipinski definition) is 3. The van der Waals surface area contributed by atoms with E-state index in [1.54, 1.807) is 0 Å². The van der Waals surface area contributed by atoms with E-state index in [1.165, 1.54) is 18.4 Å². The van der Waals surface area contributed by atoms with Crippen molar-refractivity contribution in [3.05, 3.63) is 41.1 Å². The zero-order valence-corrected chi connectivity index (χ0v) is 21.3. The van der Waals surface area contributed by atoms with Crippen LogP contribution in [0.2, 0.25) is 24.7 Å². The molecule has 0 unspecified atom stereocenters. The van der Waals surface area contributed by atoms with E-state index in [9.17, 15) is 9.59 Å². The van der Waals surface area contributed by atoms with Crippen LogP contribution in [-0.4, -0.2) is 35.1 Å². The first-order chi connectivity index (χ1) is 15.5. The number of H-pyrrole nitrogens is 1. The van der Waals surface area contributed by atoms with Gasteiger partial charge < -0.3 is 15.5 Å². The number of carbonyl (C=O) groups excluding carboxylic acids is 2. The van der Waals surface area contributed by atoms with Crippen molar-refractivity contribution >= 4 is 31.5 Å². The third-order valence-corrected chi connectivity index (χ3v) is 11.8. The van der Waals surface area contributed by atoms with Crippen molar-refractivity contribution in [3.8, 4) is 0 Å². The number of amides is 3. The SMILES string of the molecule is CC1(C)c2[nH]nc(NC(=O)C3([Si](C)(C)C)CCC3)c2CN1C(=O)Nc1ccccc1C1CC1. The highest BCUT2D eigenvalue weighted by atomic mass is 28.3. The number of nitrogens with zero attached hydrogens (tertiary/aromatic N) is 2. The Bertz CT molecular complexity index is 1110. The number of anilines is 2. The van der Waals surface area contributed by atoms with Gasteiger partial charge >= 0.3 is 6.03 Å². The van der Waals surface area contributed by atoms with Gasteiger partial charge in [-0.25, -0.2) is 4.79 Å². The number of aromatic amines is 1. The second-order valence-electron chi connectivity index (χ2n) is 11.5. The topological polar surface area (TPSA) is 90.1 Å². The molecule has 0 radical (unpaired) electrons. The lowest BCUT2D eigenvalue weighted by Crippen LogP contribution is -2.52. The molecule has 176 valence electrons. The quantitative estimate of drug-likeness (QED) is 0.490. The maximum absolute atomic E-state index is 13.4. The fraction of sp³-hybridized carbons (Fsp3) is 0.560. The van der Waals surface area contributed by atoms with Gasteiger partial charge in [-0.15, -0.1) is 0 Å². The molecule has 2 aromatic rings. The molecule has 2 aliphatic carbocycles. The summed E-state index contributed by atoms with van der Waals surface area (Å²) in [6, 6.07) is 7.95. The molecule has 2 saturated carbocycles. The van der Waals surface area contributed by atoms with Gasteiger partial charge in [-0.05, 0) is 57.1 Å². The van der Waals surface area contributed by atoms with Crippen molar-refractivity contribution in [1.29, 1.82) is 0 Å². The first kappa shape index (κ1) is 22.2. The van der Waals surface area contributed by atoms with Crippen LogP contribution in [0.25, 0.3) is 0 Å². The zero-order chi connectivity index (χ0) is 23.6. The average Bonchev–Trinajstić information content (AvgIpc) is 3.39. The number of hydrogen-bond donors (Lipinski definition) is 3. The minimum absolute atomic E-state index is 0.0984. The summed E-state index contributed by atoms with van der Waals surface area (Å²) in [5, 5.41) is 13.6. The molecule has 8 heteroatoms. The molecular formula is C25H35N5O2Si. The molecule has 0 bridgehead atoms. The maximum atomic E-state index is 13.4. The fourth-order valence-corrected chi connectivity index (χ4v) is 8.16. The molecule has 3 amide bonds. The highest BCUT2D eigenvalue weighted by Gasteiger charge is 2.54. The number of urea groups is 1. The van der Waals surface area contributed by atoms with Gasteiger partial charge in [0.05, 0.1) is 25.9 Å². The number of carbonyl (C=O) groups is 2. The van der Waals surface area contributed by atoms with Gasteiger partial charge in [0, 0.05) is 16.3 Å². The van der Waals surface area contributed by atoms with Gasteiger partial charge in [0.25, 0.3) is 0 Å². The van der Waals surface area contributed by atoms with Crippen LogP contribution in [0.5, 0.6) is 0 Å².